The zero-order chi connectivity index (χ0) is 12.8. The summed E-state index contributed by atoms with van der Waals surface area (Å²) in [6.45, 7) is 0. The number of anilines is 1. The van der Waals surface area contributed by atoms with E-state index in [1.165, 1.54) is 7.05 Å². The van der Waals surface area contributed by atoms with Gasteiger partial charge in [0.15, 0.2) is 0 Å². The number of rotatable bonds is 4. The molecular weight excluding hydrogens is 305 g/mol. The van der Waals surface area contributed by atoms with E-state index >= 15 is 0 Å². The summed E-state index contributed by atoms with van der Waals surface area (Å²) in [5, 5.41) is 14.9. The standard InChI is InChI=1S/C11H11BrClN3O/c1-15-11(17)5-8(6-14)16-7-2-3-10(13)9(12)4-7/h2-4,8,16H,5H2,1H3,(H,15,17). The molecule has 0 radical (unpaired) electrons. The molecule has 0 heterocycles. The fraction of sp³-hybridized carbons (Fsp3) is 0.273. The number of carbonyl (C=O) groups excluding carboxylic acids is 1. The van der Waals surface area contributed by atoms with Crippen LogP contribution in [0.4, 0.5) is 5.69 Å². The lowest BCUT2D eigenvalue weighted by atomic mass is 10.2. The Balaban J connectivity index is 2.71. The van der Waals surface area contributed by atoms with Crippen molar-refractivity contribution in [3.8, 4) is 6.07 Å². The maximum absolute atomic E-state index is 11.2. The summed E-state index contributed by atoms with van der Waals surface area (Å²) < 4.78 is 0.737. The van der Waals surface area contributed by atoms with Gasteiger partial charge in [0.25, 0.3) is 0 Å². The highest BCUT2D eigenvalue weighted by atomic mass is 79.9. The topological polar surface area (TPSA) is 64.9 Å². The van der Waals surface area contributed by atoms with Crippen LogP contribution in [0.1, 0.15) is 6.42 Å². The number of hydrogen-bond donors (Lipinski definition) is 2. The average molecular weight is 317 g/mol. The Hall–Kier alpha value is -1.25. The van der Waals surface area contributed by atoms with E-state index < -0.39 is 6.04 Å². The Morgan fingerprint density at radius 2 is 2.35 bits per heavy atom. The molecule has 0 aliphatic heterocycles. The third kappa shape index (κ3) is 4.25. The molecule has 2 N–H and O–H groups in total. The molecule has 90 valence electrons. The third-order valence-electron chi connectivity index (χ3n) is 2.08. The zero-order valence-corrected chi connectivity index (χ0v) is 11.5. The number of hydrogen-bond acceptors (Lipinski definition) is 3. The highest BCUT2D eigenvalue weighted by Gasteiger charge is 2.12. The van der Waals surface area contributed by atoms with Crippen molar-refractivity contribution in [1.82, 2.24) is 5.32 Å². The lowest BCUT2D eigenvalue weighted by molar-refractivity contribution is -0.120. The van der Waals surface area contributed by atoms with Gasteiger partial charge in [0, 0.05) is 17.2 Å². The minimum atomic E-state index is -0.567. The van der Waals surface area contributed by atoms with Gasteiger partial charge in [-0.3, -0.25) is 4.79 Å². The van der Waals surface area contributed by atoms with E-state index in [-0.39, 0.29) is 12.3 Å². The summed E-state index contributed by atoms with van der Waals surface area (Å²) in [6.07, 6.45) is 0.104. The molecule has 0 bridgehead atoms. The second-order valence-corrected chi connectivity index (χ2v) is 4.59. The van der Waals surface area contributed by atoms with E-state index in [1.807, 2.05) is 6.07 Å². The second kappa shape index (κ2) is 6.48. The van der Waals surface area contributed by atoms with Crippen molar-refractivity contribution in [1.29, 1.82) is 5.26 Å². The average Bonchev–Trinajstić information content (AvgIpc) is 2.32. The number of carbonyl (C=O) groups is 1. The van der Waals surface area contributed by atoms with Crippen LogP contribution in [-0.4, -0.2) is 19.0 Å². The number of nitrogens with zero attached hydrogens (tertiary/aromatic N) is 1. The van der Waals surface area contributed by atoms with Gasteiger partial charge in [0.05, 0.1) is 17.5 Å². The van der Waals surface area contributed by atoms with E-state index in [2.05, 4.69) is 26.6 Å². The van der Waals surface area contributed by atoms with Gasteiger partial charge in [-0.25, -0.2) is 0 Å². The first-order valence-electron chi connectivity index (χ1n) is 4.88. The van der Waals surface area contributed by atoms with Crippen LogP contribution in [0.15, 0.2) is 22.7 Å². The third-order valence-corrected chi connectivity index (χ3v) is 3.30. The fourth-order valence-electron chi connectivity index (χ4n) is 1.20. The summed E-state index contributed by atoms with van der Waals surface area (Å²) in [5.41, 5.74) is 0.733. The minimum Gasteiger partial charge on any atom is -0.369 e. The van der Waals surface area contributed by atoms with Gasteiger partial charge in [-0.05, 0) is 34.1 Å². The van der Waals surface area contributed by atoms with E-state index in [4.69, 9.17) is 16.9 Å². The zero-order valence-electron chi connectivity index (χ0n) is 9.13. The van der Waals surface area contributed by atoms with Crippen molar-refractivity contribution < 1.29 is 4.79 Å². The van der Waals surface area contributed by atoms with Crippen molar-refractivity contribution >= 4 is 39.1 Å². The molecular formula is C11H11BrClN3O. The van der Waals surface area contributed by atoms with Gasteiger partial charge < -0.3 is 10.6 Å². The molecule has 0 aliphatic carbocycles. The molecule has 17 heavy (non-hydrogen) atoms. The molecule has 1 unspecified atom stereocenters. The molecule has 0 spiro atoms. The molecule has 0 saturated carbocycles. The SMILES string of the molecule is CNC(=O)CC(C#N)Nc1ccc(Cl)c(Br)c1. The number of nitriles is 1. The summed E-state index contributed by atoms with van der Waals surface area (Å²) in [7, 11) is 1.54. The molecule has 1 rings (SSSR count). The Labute approximate surface area is 113 Å². The number of halogens is 2. The van der Waals surface area contributed by atoms with E-state index in [9.17, 15) is 4.79 Å². The van der Waals surface area contributed by atoms with E-state index in [0.717, 1.165) is 10.2 Å². The predicted octanol–water partition coefficient (Wildman–Crippen LogP) is 2.54. The van der Waals surface area contributed by atoms with Gasteiger partial charge in [0.2, 0.25) is 5.91 Å². The molecule has 1 aromatic rings. The summed E-state index contributed by atoms with van der Waals surface area (Å²) in [4.78, 5) is 11.2. The summed E-state index contributed by atoms with van der Waals surface area (Å²) in [5.74, 6) is -0.183. The Kier molecular flexibility index (Phi) is 5.26. The van der Waals surface area contributed by atoms with Gasteiger partial charge >= 0.3 is 0 Å². The van der Waals surface area contributed by atoms with Crippen LogP contribution >= 0.6 is 27.5 Å². The first kappa shape index (κ1) is 13.8. The van der Waals surface area contributed by atoms with Crippen LogP contribution < -0.4 is 10.6 Å². The van der Waals surface area contributed by atoms with E-state index in [0.29, 0.717) is 5.02 Å². The first-order valence-corrected chi connectivity index (χ1v) is 6.05. The molecule has 4 nitrogen and oxygen atoms in total. The van der Waals surface area contributed by atoms with Crippen molar-refractivity contribution in [2.45, 2.75) is 12.5 Å². The van der Waals surface area contributed by atoms with Gasteiger partial charge in [-0.1, -0.05) is 11.6 Å². The van der Waals surface area contributed by atoms with Crippen LogP contribution in [0.5, 0.6) is 0 Å². The molecule has 0 saturated heterocycles. The Morgan fingerprint density at radius 1 is 1.65 bits per heavy atom. The molecule has 0 aliphatic rings. The number of amides is 1. The largest absolute Gasteiger partial charge is 0.369 e. The van der Waals surface area contributed by atoms with Crippen molar-refractivity contribution in [2.75, 3.05) is 12.4 Å². The van der Waals surface area contributed by atoms with Crippen molar-refractivity contribution in [3.05, 3.63) is 27.7 Å². The molecule has 6 heteroatoms. The molecule has 0 fully saturated rings. The minimum absolute atomic E-state index is 0.104. The monoisotopic (exact) mass is 315 g/mol. The van der Waals surface area contributed by atoms with Gasteiger partial charge in [0.1, 0.15) is 6.04 Å². The second-order valence-electron chi connectivity index (χ2n) is 3.33. The van der Waals surface area contributed by atoms with Crippen LogP contribution in [0.25, 0.3) is 0 Å². The quantitative estimate of drug-likeness (QED) is 0.897. The maximum atomic E-state index is 11.2. The van der Waals surface area contributed by atoms with Crippen LogP contribution in [0.3, 0.4) is 0 Å². The van der Waals surface area contributed by atoms with Crippen LogP contribution in [-0.2, 0) is 4.79 Å². The predicted molar refractivity (Wildman–Crippen MR) is 70.9 cm³/mol. The van der Waals surface area contributed by atoms with Crippen LogP contribution in [0, 0.1) is 11.3 Å². The Morgan fingerprint density at radius 3 is 2.88 bits per heavy atom. The number of benzene rings is 1. The van der Waals surface area contributed by atoms with Crippen LogP contribution in [0.2, 0.25) is 5.02 Å². The molecule has 1 aromatic carbocycles. The summed E-state index contributed by atoms with van der Waals surface area (Å²) in [6, 6.07) is 6.69. The summed E-state index contributed by atoms with van der Waals surface area (Å²) >= 11 is 9.14. The maximum Gasteiger partial charge on any atom is 0.222 e. The number of nitrogens with one attached hydrogen (secondary N) is 2. The smallest absolute Gasteiger partial charge is 0.222 e. The normalized spacial score (nSPS) is 11.4. The van der Waals surface area contributed by atoms with Crippen molar-refractivity contribution in [3.63, 3.8) is 0 Å². The highest BCUT2D eigenvalue weighted by molar-refractivity contribution is 9.10. The van der Waals surface area contributed by atoms with E-state index in [1.54, 1.807) is 18.2 Å². The van der Waals surface area contributed by atoms with Crippen molar-refractivity contribution in [2.24, 2.45) is 0 Å². The molecule has 1 amide bonds. The fourth-order valence-corrected chi connectivity index (χ4v) is 1.70. The Bertz CT molecular complexity index is 459. The first-order chi connectivity index (χ1) is 8.06. The lowest BCUT2D eigenvalue weighted by Gasteiger charge is -2.12. The van der Waals surface area contributed by atoms with Gasteiger partial charge in [-0.15, -0.1) is 0 Å². The molecule has 1 atom stereocenters. The highest BCUT2D eigenvalue weighted by Crippen LogP contribution is 2.25. The van der Waals surface area contributed by atoms with Gasteiger partial charge in [-0.2, -0.15) is 5.26 Å². The lowest BCUT2D eigenvalue weighted by Crippen LogP contribution is -2.27. The molecule has 0 aromatic heterocycles.